The minimum Gasteiger partial charge on any atom is -0.495 e. The molecule has 4 aromatic rings. The lowest BCUT2D eigenvalue weighted by atomic mass is 9.57. The number of H-pyrrole nitrogens is 1. The summed E-state index contributed by atoms with van der Waals surface area (Å²) in [5.41, 5.74) is 4.08. The van der Waals surface area contributed by atoms with Crippen LogP contribution in [0.3, 0.4) is 0 Å². The van der Waals surface area contributed by atoms with Gasteiger partial charge in [0.15, 0.2) is 5.82 Å². The Morgan fingerprint density at radius 3 is 2.72 bits per heavy atom. The Balaban J connectivity index is 1.18. The maximum absolute atomic E-state index is 9.05. The van der Waals surface area contributed by atoms with E-state index in [-0.39, 0.29) is 0 Å². The van der Waals surface area contributed by atoms with Crippen LogP contribution in [0.1, 0.15) is 44.2 Å². The van der Waals surface area contributed by atoms with Crippen molar-refractivity contribution in [3.8, 4) is 22.9 Å². The first-order chi connectivity index (χ1) is 19.0. The lowest BCUT2D eigenvalue weighted by Crippen LogP contribution is -2.81. The van der Waals surface area contributed by atoms with Crippen molar-refractivity contribution in [2.24, 2.45) is 0 Å². The van der Waals surface area contributed by atoms with Crippen molar-refractivity contribution in [3.63, 3.8) is 0 Å². The van der Waals surface area contributed by atoms with E-state index in [9.17, 15) is 0 Å². The van der Waals surface area contributed by atoms with Crippen LogP contribution in [-0.2, 0) is 0 Å². The molecule has 3 aromatic heterocycles. The normalized spacial score (nSPS) is 25.2. The summed E-state index contributed by atoms with van der Waals surface area (Å²) in [5, 5.41) is 24.4. The van der Waals surface area contributed by atoms with Gasteiger partial charge >= 0.3 is 0 Å². The van der Waals surface area contributed by atoms with Crippen molar-refractivity contribution in [2.75, 3.05) is 17.7 Å². The molecule has 0 radical (unpaired) electrons. The van der Waals surface area contributed by atoms with E-state index in [4.69, 9.17) is 20.0 Å². The molecule has 0 amide bonds. The summed E-state index contributed by atoms with van der Waals surface area (Å²) in [5.74, 6) is 2.75. The maximum Gasteiger partial charge on any atom is 0.225 e. The summed E-state index contributed by atoms with van der Waals surface area (Å²) >= 11 is 0. The summed E-state index contributed by atoms with van der Waals surface area (Å²) in [7, 11) is 1.64. The second kappa shape index (κ2) is 9.20. The molecule has 39 heavy (non-hydrogen) atoms. The van der Waals surface area contributed by atoms with E-state index >= 15 is 0 Å². The number of methoxy groups -OCH3 is 1. The number of anilines is 3. The highest BCUT2D eigenvalue weighted by Crippen LogP contribution is 2.58. The highest BCUT2D eigenvalue weighted by atomic mass is 16.5. The molecule has 3 saturated heterocycles. The largest absolute Gasteiger partial charge is 0.495 e. The Bertz CT molecular complexity index is 1580. The lowest BCUT2D eigenvalue weighted by Gasteiger charge is -2.74. The lowest BCUT2D eigenvalue weighted by molar-refractivity contribution is -0.222. The second-order valence-electron chi connectivity index (χ2n) is 11.1. The summed E-state index contributed by atoms with van der Waals surface area (Å²) in [4.78, 5) is 16.9. The Morgan fingerprint density at radius 1 is 1.13 bits per heavy atom. The fraction of sp³-hybridized carbons (Fsp3) is 0.414. The van der Waals surface area contributed by atoms with E-state index in [0.717, 1.165) is 47.0 Å². The van der Waals surface area contributed by atoms with Gasteiger partial charge in [-0.25, -0.2) is 4.98 Å². The second-order valence-corrected chi connectivity index (χ2v) is 11.1. The maximum atomic E-state index is 9.05. The van der Waals surface area contributed by atoms with E-state index in [1.807, 2.05) is 31.3 Å². The molecule has 3 aliphatic heterocycles. The summed E-state index contributed by atoms with van der Waals surface area (Å²) in [6.07, 6.45) is 9.74. The zero-order valence-electron chi connectivity index (χ0n) is 22.1. The standard InChI is InChI=1S/C29H31N9O/c1-17-8-26(37-36-17)34-27-24-5-4-18(19-9-23(39-2)16-31-15-19)10-25(24)33-28(35-27)32-20-11-21-13-29(6-3-7-30)14-22(12-20)38(21)29/h4-5,8-10,15-16,20-22H,3,6,11-14H2,1-2H3,(H3,32,33,34,35,36,37)/t20?,21-,22+,29?. The van der Waals surface area contributed by atoms with Gasteiger partial charge in [0.25, 0.3) is 0 Å². The first kappa shape index (κ1) is 23.9. The van der Waals surface area contributed by atoms with E-state index in [1.54, 1.807) is 13.3 Å². The van der Waals surface area contributed by atoms with Gasteiger partial charge in [-0.05, 0) is 62.8 Å². The van der Waals surface area contributed by atoms with Crippen LogP contribution in [0.4, 0.5) is 17.6 Å². The molecule has 0 spiro atoms. The Labute approximate surface area is 226 Å². The molecule has 10 heteroatoms. The molecule has 10 nitrogen and oxygen atoms in total. The highest BCUT2D eigenvalue weighted by Gasteiger charge is 2.64. The number of piperidine rings is 2. The SMILES string of the molecule is COc1cncc(-c2ccc3c(Nc4cc(C)[nH]n4)nc(NC4C[C@@H]5CC6(CCC#N)C[C@H](C4)N56)nc3c2)c1. The number of rotatable bonds is 8. The Hall–Kier alpha value is -4.23. The average Bonchev–Trinajstić information content (AvgIpc) is 3.33. The molecule has 3 aliphatic rings. The van der Waals surface area contributed by atoms with Gasteiger partial charge in [0.2, 0.25) is 5.95 Å². The first-order valence-electron chi connectivity index (χ1n) is 13.6. The molecule has 0 saturated carbocycles. The minimum absolute atomic E-state index is 0.305. The van der Waals surface area contributed by atoms with Crippen molar-refractivity contribution < 1.29 is 4.74 Å². The number of pyridine rings is 1. The van der Waals surface area contributed by atoms with Crippen LogP contribution in [-0.4, -0.2) is 60.8 Å². The molecule has 198 valence electrons. The monoisotopic (exact) mass is 521 g/mol. The number of nitriles is 1. The van der Waals surface area contributed by atoms with Crippen molar-refractivity contribution in [3.05, 3.63) is 48.4 Å². The first-order valence-corrected chi connectivity index (χ1v) is 13.6. The molecular weight excluding hydrogens is 490 g/mol. The van der Waals surface area contributed by atoms with Gasteiger partial charge in [0, 0.05) is 59.0 Å². The topological polar surface area (TPSA) is 128 Å². The molecule has 7 rings (SSSR count). The van der Waals surface area contributed by atoms with Crippen LogP contribution in [0.5, 0.6) is 5.75 Å². The van der Waals surface area contributed by atoms with Gasteiger partial charge in [0.05, 0.1) is 24.9 Å². The molecule has 1 aromatic carbocycles. The predicted octanol–water partition coefficient (Wildman–Crippen LogP) is 4.94. The molecule has 6 heterocycles. The summed E-state index contributed by atoms with van der Waals surface area (Å²) in [6.45, 7) is 1.97. The minimum atomic E-state index is 0.305. The Kier molecular flexibility index (Phi) is 5.63. The van der Waals surface area contributed by atoms with Crippen LogP contribution < -0.4 is 15.4 Å². The molecule has 2 unspecified atom stereocenters. The fourth-order valence-corrected chi connectivity index (χ4v) is 7.05. The van der Waals surface area contributed by atoms with Crippen molar-refractivity contribution in [1.29, 1.82) is 5.26 Å². The van der Waals surface area contributed by atoms with Gasteiger partial charge in [-0.2, -0.15) is 15.3 Å². The van der Waals surface area contributed by atoms with E-state index in [1.165, 1.54) is 12.8 Å². The summed E-state index contributed by atoms with van der Waals surface area (Å²) < 4.78 is 5.38. The number of hydrogen-bond donors (Lipinski definition) is 3. The number of benzene rings is 1. The number of aryl methyl sites for hydroxylation is 1. The fourth-order valence-electron chi connectivity index (χ4n) is 7.05. The molecule has 0 aliphatic carbocycles. The van der Waals surface area contributed by atoms with Gasteiger partial charge in [-0.3, -0.25) is 15.0 Å². The van der Waals surface area contributed by atoms with Crippen molar-refractivity contribution in [2.45, 2.75) is 69.1 Å². The third-order valence-corrected chi connectivity index (χ3v) is 8.65. The van der Waals surface area contributed by atoms with Crippen molar-refractivity contribution in [1.82, 2.24) is 30.0 Å². The zero-order valence-corrected chi connectivity index (χ0v) is 22.1. The third-order valence-electron chi connectivity index (χ3n) is 8.65. The molecule has 3 fully saturated rings. The number of hydrogen-bond acceptors (Lipinski definition) is 9. The number of fused-ring (bicyclic) bond motifs is 1. The molecule has 4 atom stereocenters. The summed E-state index contributed by atoms with van der Waals surface area (Å²) in [6, 6.07) is 13.9. The van der Waals surface area contributed by atoms with Gasteiger partial charge in [-0.15, -0.1) is 0 Å². The van der Waals surface area contributed by atoms with Crippen molar-refractivity contribution >= 4 is 28.5 Å². The molecular formula is C29H31N9O. The highest BCUT2D eigenvalue weighted by molar-refractivity contribution is 5.94. The average molecular weight is 522 g/mol. The quantitative estimate of drug-likeness (QED) is 0.295. The third kappa shape index (κ3) is 4.14. The smallest absolute Gasteiger partial charge is 0.225 e. The zero-order chi connectivity index (χ0) is 26.6. The van der Waals surface area contributed by atoms with Crippen LogP contribution in [0.15, 0.2) is 42.7 Å². The van der Waals surface area contributed by atoms with E-state index < -0.39 is 0 Å². The van der Waals surface area contributed by atoms with Crippen LogP contribution in [0, 0.1) is 18.3 Å². The van der Waals surface area contributed by atoms with E-state index in [0.29, 0.717) is 53.4 Å². The van der Waals surface area contributed by atoms with Gasteiger partial charge in [-0.1, -0.05) is 6.07 Å². The number of nitrogens with one attached hydrogen (secondary N) is 3. The Morgan fingerprint density at radius 2 is 1.97 bits per heavy atom. The molecule has 3 N–H and O–H groups in total. The van der Waals surface area contributed by atoms with Gasteiger partial charge in [0.1, 0.15) is 11.6 Å². The number of ether oxygens (including phenoxy) is 1. The number of nitrogens with zero attached hydrogens (tertiary/aromatic N) is 6. The number of aromatic amines is 1. The van der Waals surface area contributed by atoms with Crippen LogP contribution in [0.25, 0.3) is 22.0 Å². The van der Waals surface area contributed by atoms with Gasteiger partial charge < -0.3 is 15.4 Å². The predicted molar refractivity (Wildman–Crippen MR) is 149 cm³/mol. The van der Waals surface area contributed by atoms with Crippen LogP contribution >= 0.6 is 0 Å². The van der Waals surface area contributed by atoms with Crippen LogP contribution in [0.2, 0.25) is 0 Å². The number of aromatic nitrogens is 5. The molecule has 0 bridgehead atoms. The van der Waals surface area contributed by atoms with E-state index in [2.05, 4.69) is 48.9 Å².